The minimum atomic E-state index is -0.721. The summed E-state index contributed by atoms with van der Waals surface area (Å²) in [6.45, 7) is 16.8. The summed E-state index contributed by atoms with van der Waals surface area (Å²) in [7, 11) is 0. The lowest BCUT2D eigenvalue weighted by Gasteiger charge is -2.40. The van der Waals surface area contributed by atoms with Crippen molar-refractivity contribution in [1.29, 1.82) is 0 Å². The highest BCUT2D eigenvalue weighted by atomic mass is 32.2. The van der Waals surface area contributed by atoms with E-state index < -0.39 is 22.6 Å². The normalized spacial score (nSPS) is 27.2. The number of nitrogens with zero attached hydrogens (tertiary/aromatic N) is 3. The molecular weight excluding hydrogens is 562 g/mol. The van der Waals surface area contributed by atoms with E-state index in [9.17, 15) is 19.5 Å². The lowest BCUT2D eigenvalue weighted by atomic mass is 9.66. The Hall–Kier alpha value is -2.78. The molecule has 0 radical (unpaired) electrons. The molecular formula is C34H49N3O5S. The third-order valence-corrected chi connectivity index (χ3v) is 11.5. The van der Waals surface area contributed by atoms with Crippen LogP contribution < -0.4 is 9.80 Å². The lowest BCUT2D eigenvalue weighted by Crippen LogP contribution is -2.57. The summed E-state index contributed by atoms with van der Waals surface area (Å²) >= 11 is 1.66. The standard InChI is InChI=1S/C34H49N3O5S/c1-6-10-11-14-22-42-33(41)28-27-23-24(5)34(43-27)29(28)31(39)37(20-12-13-21-38)30(34)32(40)36(19-7-2)26-17-15-25(16-18-26)35(8-3)9-4/h6-7,15-18,24,27-30,38H,1-2,8-14,19-23H2,3-5H3/t24?,27-,28+,29+,30?,34?/m1/s1. The predicted octanol–water partition coefficient (Wildman–Crippen LogP) is 5.06. The third kappa shape index (κ3) is 6.25. The summed E-state index contributed by atoms with van der Waals surface area (Å²) in [5, 5.41) is 9.42. The second-order valence-corrected chi connectivity index (χ2v) is 13.4. The Balaban J connectivity index is 1.67. The SMILES string of the molecule is C=CCCCCOC(=O)[C@@H]1[C@H]2C(=O)N(CCCCO)C(C(=O)N(CC=C)c3ccc(N(CC)CC)cc3)C23S[C@@H]1CC3C. The van der Waals surface area contributed by atoms with Gasteiger partial charge in [0.05, 0.1) is 23.2 Å². The minimum absolute atomic E-state index is 0.0186. The van der Waals surface area contributed by atoms with Gasteiger partial charge in [-0.05, 0) is 82.6 Å². The van der Waals surface area contributed by atoms with E-state index in [2.05, 4.69) is 38.8 Å². The highest BCUT2D eigenvalue weighted by molar-refractivity contribution is 8.02. The molecule has 236 valence electrons. The Kier molecular flexibility index (Phi) is 11.4. The quantitative estimate of drug-likeness (QED) is 0.150. The van der Waals surface area contributed by atoms with E-state index in [4.69, 9.17) is 4.74 Å². The van der Waals surface area contributed by atoms with E-state index in [1.807, 2.05) is 30.3 Å². The Bertz CT molecular complexity index is 1160. The van der Waals surface area contributed by atoms with Crippen LogP contribution in [0.15, 0.2) is 49.6 Å². The molecule has 1 spiro atoms. The Labute approximate surface area is 261 Å². The molecule has 43 heavy (non-hydrogen) atoms. The molecule has 1 aromatic rings. The van der Waals surface area contributed by atoms with Crippen molar-refractivity contribution in [1.82, 2.24) is 4.90 Å². The first-order valence-corrected chi connectivity index (χ1v) is 16.8. The van der Waals surface area contributed by atoms with Crippen LogP contribution in [0.1, 0.15) is 59.3 Å². The molecule has 1 N–H and O–H groups in total. The van der Waals surface area contributed by atoms with E-state index in [1.165, 1.54) is 0 Å². The number of thioether (sulfide) groups is 1. The van der Waals surface area contributed by atoms with Gasteiger partial charge >= 0.3 is 5.97 Å². The fourth-order valence-corrected chi connectivity index (χ4v) is 9.80. The fourth-order valence-electron chi connectivity index (χ4n) is 7.39. The zero-order valence-electron chi connectivity index (χ0n) is 26.1. The van der Waals surface area contributed by atoms with Crippen molar-refractivity contribution in [3.8, 4) is 0 Å². The van der Waals surface area contributed by atoms with Crippen molar-refractivity contribution in [2.24, 2.45) is 17.8 Å². The van der Waals surface area contributed by atoms with Gasteiger partial charge in [-0.2, -0.15) is 0 Å². The molecule has 4 rings (SSSR count). The Morgan fingerprint density at radius 1 is 1.09 bits per heavy atom. The Morgan fingerprint density at radius 3 is 2.42 bits per heavy atom. The first-order valence-electron chi connectivity index (χ1n) is 15.9. The van der Waals surface area contributed by atoms with Crippen LogP contribution in [0.2, 0.25) is 0 Å². The van der Waals surface area contributed by atoms with Gasteiger partial charge in [0.2, 0.25) is 5.91 Å². The van der Waals surface area contributed by atoms with Crippen molar-refractivity contribution in [3.63, 3.8) is 0 Å². The van der Waals surface area contributed by atoms with Crippen LogP contribution in [-0.2, 0) is 19.1 Å². The molecule has 2 amide bonds. The second-order valence-electron chi connectivity index (χ2n) is 11.9. The van der Waals surface area contributed by atoms with Gasteiger partial charge in [0.25, 0.3) is 5.91 Å². The van der Waals surface area contributed by atoms with E-state index in [-0.39, 0.29) is 35.6 Å². The minimum Gasteiger partial charge on any atom is -0.465 e. The molecule has 1 aromatic carbocycles. The van der Waals surface area contributed by atoms with Crippen molar-refractivity contribution >= 4 is 40.9 Å². The highest BCUT2D eigenvalue weighted by Gasteiger charge is 2.76. The second kappa shape index (κ2) is 14.8. The number of amides is 2. The number of hydrogen-bond donors (Lipinski definition) is 1. The van der Waals surface area contributed by atoms with E-state index in [0.29, 0.717) is 32.5 Å². The summed E-state index contributed by atoms with van der Waals surface area (Å²) in [6.07, 6.45) is 7.96. The van der Waals surface area contributed by atoms with Crippen LogP contribution in [-0.4, -0.2) is 83.2 Å². The molecule has 3 unspecified atom stereocenters. The fraction of sp³-hybridized carbons (Fsp3) is 0.618. The third-order valence-electron chi connectivity index (χ3n) is 9.47. The summed E-state index contributed by atoms with van der Waals surface area (Å²) in [6, 6.07) is 7.27. The molecule has 3 heterocycles. The number of carbonyl (C=O) groups is 3. The van der Waals surface area contributed by atoms with Gasteiger partial charge in [0.15, 0.2) is 0 Å². The first kappa shape index (κ1) is 33.1. The van der Waals surface area contributed by atoms with Crippen molar-refractivity contribution in [2.45, 2.75) is 75.3 Å². The number of aliphatic hydroxyl groups is 1. The molecule has 6 atom stereocenters. The number of benzene rings is 1. The number of esters is 1. The summed E-state index contributed by atoms with van der Waals surface area (Å²) in [5.74, 6) is -1.70. The van der Waals surface area contributed by atoms with Gasteiger partial charge in [-0.1, -0.05) is 19.1 Å². The average molecular weight is 612 g/mol. The summed E-state index contributed by atoms with van der Waals surface area (Å²) < 4.78 is 5.03. The molecule has 3 aliphatic rings. The van der Waals surface area contributed by atoms with E-state index in [0.717, 1.165) is 50.1 Å². The van der Waals surface area contributed by atoms with E-state index >= 15 is 0 Å². The number of likely N-dealkylation sites (tertiary alicyclic amines) is 1. The van der Waals surface area contributed by atoms with Gasteiger partial charge in [-0.25, -0.2) is 0 Å². The lowest BCUT2D eigenvalue weighted by molar-refractivity contribution is -0.154. The number of allylic oxidation sites excluding steroid dienone is 1. The van der Waals surface area contributed by atoms with Gasteiger partial charge in [0, 0.05) is 49.4 Å². The average Bonchev–Trinajstić information content (AvgIpc) is 3.60. The van der Waals surface area contributed by atoms with Crippen molar-refractivity contribution in [3.05, 3.63) is 49.6 Å². The van der Waals surface area contributed by atoms with Crippen molar-refractivity contribution < 1.29 is 24.2 Å². The topological polar surface area (TPSA) is 90.4 Å². The molecule has 3 aliphatic heterocycles. The predicted molar refractivity (Wildman–Crippen MR) is 174 cm³/mol. The molecule has 8 nitrogen and oxygen atoms in total. The van der Waals surface area contributed by atoms with Gasteiger partial charge in [0.1, 0.15) is 6.04 Å². The van der Waals surface area contributed by atoms with Crippen LogP contribution in [0, 0.1) is 17.8 Å². The zero-order valence-corrected chi connectivity index (χ0v) is 26.9. The van der Waals surface area contributed by atoms with Crippen LogP contribution >= 0.6 is 11.8 Å². The number of hydrogen-bond acceptors (Lipinski definition) is 7. The number of fused-ring (bicyclic) bond motifs is 1. The van der Waals surface area contributed by atoms with Crippen LogP contribution in [0.25, 0.3) is 0 Å². The van der Waals surface area contributed by atoms with E-state index in [1.54, 1.807) is 27.6 Å². The molecule has 0 aliphatic carbocycles. The molecule has 2 bridgehead atoms. The number of ether oxygens (including phenoxy) is 1. The zero-order chi connectivity index (χ0) is 31.1. The molecule has 0 aromatic heterocycles. The monoisotopic (exact) mass is 611 g/mol. The molecule has 9 heteroatoms. The maximum atomic E-state index is 14.8. The smallest absolute Gasteiger partial charge is 0.310 e. The number of anilines is 2. The number of carbonyl (C=O) groups excluding carboxylic acids is 3. The number of unbranched alkanes of at least 4 members (excludes halogenated alkanes) is 3. The largest absolute Gasteiger partial charge is 0.465 e. The maximum absolute atomic E-state index is 14.8. The number of rotatable bonds is 17. The molecule has 3 fully saturated rings. The Morgan fingerprint density at radius 2 is 1.79 bits per heavy atom. The van der Waals surface area contributed by atoms with Gasteiger partial charge in [-0.3, -0.25) is 14.4 Å². The summed E-state index contributed by atoms with van der Waals surface area (Å²) in [5.41, 5.74) is 1.84. The van der Waals surface area contributed by atoms with Crippen LogP contribution in [0.3, 0.4) is 0 Å². The summed E-state index contributed by atoms with van der Waals surface area (Å²) in [4.78, 5) is 48.3. The highest BCUT2D eigenvalue weighted by Crippen LogP contribution is 2.68. The van der Waals surface area contributed by atoms with Crippen LogP contribution in [0.5, 0.6) is 0 Å². The van der Waals surface area contributed by atoms with Gasteiger partial charge in [-0.15, -0.1) is 24.9 Å². The van der Waals surface area contributed by atoms with Gasteiger partial charge < -0.3 is 24.5 Å². The molecule has 3 saturated heterocycles. The van der Waals surface area contributed by atoms with Crippen molar-refractivity contribution in [2.75, 3.05) is 49.2 Å². The van der Waals surface area contributed by atoms with Crippen LogP contribution in [0.4, 0.5) is 11.4 Å². The molecule has 0 saturated carbocycles. The maximum Gasteiger partial charge on any atom is 0.310 e. The number of aliphatic hydroxyl groups excluding tert-OH is 1. The first-order chi connectivity index (χ1) is 20.8.